The van der Waals surface area contributed by atoms with Crippen LogP contribution >= 0.6 is 0 Å². The van der Waals surface area contributed by atoms with E-state index in [0.29, 0.717) is 0 Å². The molecule has 1 aliphatic rings. The summed E-state index contributed by atoms with van der Waals surface area (Å²) in [6.45, 7) is 8.25. The van der Waals surface area contributed by atoms with Crippen molar-refractivity contribution in [3.05, 3.63) is 24.4 Å². The van der Waals surface area contributed by atoms with Gasteiger partial charge >= 0.3 is 7.12 Å². The standard InChI is InChI=1S/C14H19BN2O2/c1-13(2)14(3,4)19-15(18-13)11-9-10-7-6-8-16-12(10)17(11)5/h6-9H,1-5H3. The molecule has 0 radical (unpaired) electrons. The van der Waals surface area contributed by atoms with E-state index in [9.17, 15) is 0 Å². The van der Waals surface area contributed by atoms with Crippen LogP contribution in [-0.2, 0) is 16.4 Å². The average Bonchev–Trinajstić information content (AvgIpc) is 2.76. The quantitative estimate of drug-likeness (QED) is 0.733. The second-order valence-corrected chi connectivity index (χ2v) is 6.13. The van der Waals surface area contributed by atoms with Gasteiger partial charge in [0.05, 0.1) is 16.8 Å². The van der Waals surface area contributed by atoms with Crippen molar-refractivity contribution < 1.29 is 9.31 Å². The second kappa shape index (κ2) is 3.84. The van der Waals surface area contributed by atoms with Gasteiger partial charge in [0.1, 0.15) is 5.65 Å². The lowest BCUT2D eigenvalue weighted by Gasteiger charge is -2.32. The topological polar surface area (TPSA) is 36.3 Å². The Kier molecular flexibility index (Phi) is 2.56. The van der Waals surface area contributed by atoms with E-state index >= 15 is 0 Å². The monoisotopic (exact) mass is 258 g/mol. The number of aromatic nitrogens is 2. The number of nitrogens with zero attached hydrogens (tertiary/aromatic N) is 2. The second-order valence-electron chi connectivity index (χ2n) is 6.13. The minimum Gasteiger partial charge on any atom is -0.398 e. The predicted octanol–water partition coefficient (Wildman–Crippen LogP) is 1.87. The van der Waals surface area contributed by atoms with Crippen molar-refractivity contribution >= 4 is 23.7 Å². The number of fused-ring (bicyclic) bond motifs is 1. The van der Waals surface area contributed by atoms with Crippen LogP contribution in [0, 0.1) is 0 Å². The third-order valence-electron chi connectivity index (χ3n) is 4.32. The molecule has 0 saturated carbocycles. The van der Waals surface area contributed by atoms with Gasteiger partial charge in [0.2, 0.25) is 0 Å². The van der Waals surface area contributed by atoms with Gasteiger partial charge in [-0.1, -0.05) is 0 Å². The smallest absolute Gasteiger partial charge is 0.398 e. The van der Waals surface area contributed by atoms with Gasteiger partial charge in [-0.05, 0) is 45.9 Å². The van der Waals surface area contributed by atoms with Gasteiger partial charge in [-0.15, -0.1) is 0 Å². The van der Waals surface area contributed by atoms with E-state index in [1.807, 2.05) is 17.7 Å². The summed E-state index contributed by atoms with van der Waals surface area (Å²) in [5, 5.41) is 1.11. The van der Waals surface area contributed by atoms with E-state index in [2.05, 4.69) is 44.8 Å². The Bertz CT molecular complexity index is 617. The van der Waals surface area contributed by atoms with Gasteiger partial charge in [0.15, 0.2) is 0 Å². The van der Waals surface area contributed by atoms with Crippen molar-refractivity contribution in [2.75, 3.05) is 0 Å². The molecule has 2 aromatic rings. The third-order valence-corrected chi connectivity index (χ3v) is 4.32. The van der Waals surface area contributed by atoms with Gasteiger partial charge in [-0.2, -0.15) is 0 Å². The van der Waals surface area contributed by atoms with Crippen LogP contribution in [0.15, 0.2) is 24.4 Å². The number of hydrogen-bond donors (Lipinski definition) is 0. The van der Waals surface area contributed by atoms with Crippen LogP contribution in [0.4, 0.5) is 0 Å². The predicted molar refractivity (Wildman–Crippen MR) is 76.4 cm³/mol. The summed E-state index contributed by atoms with van der Waals surface area (Å²) in [6, 6.07) is 6.08. The molecular formula is C14H19BN2O2. The molecule has 1 saturated heterocycles. The summed E-state index contributed by atoms with van der Waals surface area (Å²) < 4.78 is 14.2. The normalized spacial score (nSPS) is 21.2. The molecule has 3 heterocycles. The highest BCUT2D eigenvalue weighted by Crippen LogP contribution is 2.36. The first-order valence-electron chi connectivity index (χ1n) is 6.58. The third kappa shape index (κ3) is 1.80. The molecule has 0 spiro atoms. The highest BCUT2D eigenvalue weighted by Gasteiger charge is 2.52. The Labute approximate surface area is 113 Å². The zero-order valence-electron chi connectivity index (χ0n) is 12.1. The highest BCUT2D eigenvalue weighted by atomic mass is 16.7. The fourth-order valence-corrected chi connectivity index (χ4v) is 2.37. The Morgan fingerprint density at radius 1 is 1.16 bits per heavy atom. The van der Waals surface area contributed by atoms with Gasteiger partial charge in [-0.25, -0.2) is 4.98 Å². The molecule has 0 atom stereocenters. The summed E-state index contributed by atoms with van der Waals surface area (Å²) in [5.41, 5.74) is 1.32. The van der Waals surface area contributed by atoms with Crippen LogP contribution in [0.3, 0.4) is 0 Å². The van der Waals surface area contributed by atoms with Crippen LogP contribution in [0.5, 0.6) is 0 Å². The zero-order chi connectivity index (χ0) is 13.8. The van der Waals surface area contributed by atoms with Gasteiger partial charge in [-0.3, -0.25) is 0 Å². The molecule has 0 aromatic carbocycles. The summed E-state index contributed by atoms with van der Waals surface area (Å²) >= 11 is 0. The van der Waals surface area contributed by atoms with Gasteiger partial charge in [0, 0.05) is 18.6 Å². The summed E-state index contributed by atoms with van der Waals surface area (Å²) in [4.78, 5) is 4.40. The van der Waals surface area contributed by atoms with Crippen LogP contribution in [-0.4, -0.2) is 27.9 Å². The lowest BCUT2D eigenvalue weighted by molar-refractivity contribution is 0.00578. The molecule has 1 aliphatic heterocycles. The number of rotatable bonds is 1. The van der Waals surface area contributed by atoms with E-state index in [-0.39, 0.29) is 18.3 Å². The van der Waals surface area contributed by atoms with Crippen LogP contribution in [0.2, 0.25) is 0 Å². The highest BCUT2D eigenvalue weighted by molar-refractivity contribution is 6.61. The van der Waals surface area contributed by atoms with Crippen molar-refractivity contribution in [1.82, 2.24) is 9.55 Å². The van der Waals surface area contributed by atoms with Gasteiger partial charge < -0.3 is 13.9 Å². The summed E-state index contributed by atoms with van der Waals surface area (Å²) in [6.07, 6.45) is 1.80. The number of pyridine rings is 1. The maximum Gasteiger partial charge on any atom is 0.512 e. The first kappa shape index (κ1) is 12.7. The molecule has 0 bridgehead atoms. The first-order valence-corrected chi connectivity index (χ1v) is 6.58. The maximum atomic E-state index is 6.09. The molecule has 0 aliphatic carbocycles. The largest absolute Gasteiger partial charge is 0.512 e. The first-order chi connectivity index (χ1) is 8.82. The molecular weight excluding hydrogens is 239 g/mol. The van der Waals surface area contributed by atoms with E-state index in [0.717, 1.165) is 16.6 Å². The SMILES string of the molecule is Cn1c(B2OC(C)(C)C(C)(C)O2)cc2cccnc21. The fraction of sp³-hybridized carbons (Fsp3) is 0.500. The minimum atomic E-state index is -0.343. The van der Waals surface area contributed by atoms with Crippen molar-refractivity contribution in [3.63, 3.8) is 0 Å². The Morgan fingerprint density at radius 3 is 2.37 bits per heavy atom. The number of aryl methyl sites for hydroxylation is 1. The molecule has 0 amide bonds. The Balaban J connectivity index is 2.05. The molecule has 1 fully saturated rings. The minimum absolute atomic E-state index is 0.318. The Hall–Kier alpha value is -1.33. The van der Waals surface area contributed by atoms with E-state index in [1.54, 1.807) is 6.20 Å². The van der Waals surface area contributed by atoms with E-state index < -0.39 is 0 Å². The number of hydrogen-bond acceptors (Lipinski definition) is 3. The summed E-state index contributed by atoms with van der Waals surface area (Å²) in [7, 11) is 1.65. The van der Waals surface area contributed by atoms with Crippen molar-refractivity contribution in [3.8, 4) is 0 Å². The molecule has 19 heavy (non-hydrogen) atoms. The van der Waals surface area contributed by atoms with E-state index in [1.165, 1.54) is 0 Å². The van der Waals surface area contributed by atoms with Crippen LogP contribution < -0.4 is 5.59 Å². The zero-order valence-corrected chi connectivity index (χ0v) is 12.1. The van der Waals surface area contributed by atoms with Crippen LogP contribution in [0.1, 0.15) is 27.7 Å². The molecule has 4 nitrogen and oxygen atoms in total. The van der Waals surface area contributed by atoms with Gasteiger partial charge in [0.25, 0.3) is 0 Å². The maximum absolute atomic E-state index is 6.09. The lowest BCUT2D eigenvalue weighted by Crippen LogP contribution is -2.41. The molecule has 100 valence electrons. The average molecular weight is 258 g/mol. The summed E-state index contributed by atoms with van der Waals surface area (Å²) in [5.74, 6) is 0. The molecule has 5 heteroatoms. The van der Waals surface area contributed by atoms with Crippen LogP contribution in [0.25, 0.3) is 11.0 Å². The molecule has 2 aromatic heterocycles. The molecule has 0 N–H and O–H groups in total. The molecule has 3 rings (SSSR count). The van der Waals surface area contributed by atoms with Crippen molar-refractivity contribution in [1.29, 1.82) is 0 Å². The lowest BCUT2D eigenvalue weighted by atomic mass is 9.84. The van der Waals surface area contributed by atoms with Crippen molar-refractivity contribution in [2.24, 2.45) is 7.05 Å². The molecule has 0 unspecified atom stereocenters. The van der Waals surface area contributed by atoms with E-state index in [4.69, 9.17) is 9.31 Å². The Morgan fingerprint density at radius 2 is 1.79 bits per heavy atom. The van der Waals surface area contributed by atoms with Crippen molar-refractivity contribution in [2.45, 2.75) is 38.9 Å². The fourth-order valence-electron chi connectivity index (χ4n) is 2.37.